The molecule has 0 N–H and O–H groups in total. The number of nitriles is 1. The first-order chi connectivity index (χ1) is 20.7. The Hall–Kier alpha value is -5.54. The molecule has 0 aliphatic carbocycles. The molecule has 0 unspecified atom stereocenters. The van der Waals surface area contributed by atoms with Gasteiger partial charge in [-0.25, -0.2) is 4.85 Å². The van der Waals surface area contributed by atoms with Crippen LogP contribution in [0, 0.1) is 17.9 Å². The molecule has 198 valence electrons. The summed E-state index contributed by atoms with van der Waals surface area (Å²) in [6.45, 7) is 5.68. The standard InChI is InChI=1S/C37H24N3OP/c1-39-37-25-28(24-32(26-38)42(37,30-12-4-2-5-13-30)31-14-6-3-7-15-31)27-20-22-29(23-21-27)40-33-16-8-10-18-35(33)41-36-19-11-9-17-34(36)40/h2-25H. The Morgan fingerprint density at radius 3 is 1.69 bits per heavy atom. The van der Waals surface area contributed by atoms with Gasteiger partial charge in [0.15, 0.2) is 16.9 Å². The van der Waals surface area contributed by atoms with Crippen molar-refractivity contribution in [2.45, 2.75) is 0 Å². The summed E-state index contributed by atoms with van der Waals surface area (Å²) in [4.78, 5) is 6.29. The second-order valence-electron chi connectivity index (χ2n) is 9.97. The second-order valence-corrected chi connectivity index (χ2v) is 13.3. The molecule has 42 heavy (non-hydrogen) atoms. The van der Waals surface area contributed by atoms with Gasteiger partial charge >= 0.3 is 0 Å². The highest BCUT2D eigenvalue weighted by Gasteiger charge is 2.35. The minimum Gasteiger partial charge on any atom is -0.453 e. The van der Waals surface area contributed by atoms with Crippen molar-refractivity contribution in [1.29, 1.82) is 5.26 Å². The normalized spacial score (nSPS) is 14.7. The number of para-hydroxylation sites is 4. The van der Waals surface area contributed by atoms with Crippen LogP contribution in [-0.2, 0) is 0 Å². The van der Waals surface area contributed by atoms with Crippen LogP contribution < -0.4 is 20.2 Å². The molecule has 2 aliphatic rings. The topological polar surface area (TPSA) is 40.6 Å². The van der Waals surface area contributed by atoms with Gasteiger partial charge in [-0.3, -0.25) is 0 Å². The molecular formula is C37H24N3OP. The maximum Gasteiger partial charge on any atom is 0.196 e. The first-order valence-corrected chi connectivity index (χ1v) is 15.4. The van der Waals surface area contributed by atoms with Gasteiger partial charge in [0, 0.05) is 12.6 Å². The van der Waals surface area contributed by atoms with Crippen LogP contribution in [0.25, 0.3) is 10.4 Å². The van der Waals surface area contributed by atoms with E-state index in [0.29, 0.717) is 10.7 Å². The highest BCUT2D eigenvalue weighted by Crippen LogP contribution is 2.58. The molecule has 0 aromatic heterocycles. The lowest BCUT2D eigenvalue weighted by atomic mass is 10.0. The fraction of sp³-hybridized carbons (Fsp3) is 0. The van der Waals surface area contributed by atoms with Gasteiger partial charge in [-0.15, -0.1) is 0 Å². The van der Waals surface area contributed by atoms with Crippen LogP contribution in [0.2, 0.25) is 0 Å². The molecule has 2 heterocycles. The lowest BCUT2D eigenvalue weighted by Crippen LogP contribution is -2.23. The van der Waals surface area contributed by atoms with Crippen molar-refractivity contribution in [1.82, 2.24) is 0 Å². The molecule has 5 aromatic rings. The van der Waals surface area contributed by atoms with Crippen LogP contribution in [-0.4, -0.2) is 5.29 Å². The largest absolute Gasteiger partial charge is 0.453 e. The van der Waals surface area contributed by atoms with Crippen molar-refractivity contribution >= 4 is 45.4 Å². The molecule has 0 saturated heterocycles. The molecular weight excluding hydrogens is 533 g/mol. The zero-order valence-corrected chi connectivity index (χ0v) is 23.4. The van der Waals surface area contributed by atoms with Gasteiger partial charge < -0.3 is 9.64 Å². The number of hydrogen-bond donors (Lipinski definition) is 0. The van der Waals surface area contributed by atoms with Crippen LogP contribution in [0.3, 0.4) is 0 Å². The Morgan fingerprint density at radius 2 is 1.17 bits per heavy atom. The zero-order valence-electron chi connectivity index (χ0n) is 22.6. The summed E-state index contributed by atoms with van der Waals surface area (Å²) in [6.07, 6.45) is 3.97. The van der Waals surface area contributed by atoms with Crippen molar-refractivity contribution in [2.75, 3.05) is 4.90 Å². The molecule has 0 atom stereocenters. The lowest BCUT2D eigenvalue weighted by molar-refractivity contribution is 0.477. The van der Waals surface area contributed by atoms with E-state index in [1.807, 2.05) is 109 Å². The van der Waals surface area contributed by atoms with E-state index in [4.69, 9.17) is 11.3 Å². The SMILES string of the molecule is [C-]#[N+]C1=CC(c2ccc(N3c4ccccc4Oc4ccccc43)cc2)=CC(C#N)=P1(c1ccccc1)c1ccccc1. The van der Waals surface area contributed by atoms with Gasteiger partial charge in [0.05, 0.1) is 29.3 Å². The van der Waals surface area contributed by atoms with Gasteiger partial charge in [0.25, 0.3) is 0 Å². The van der Waals surface area contributed by atoms with E-state index in [9.17, 15) is 5.26 Å². The van der Waals surface area contributed by atoms with Gasteiger partial charge in [-0.2, -0.15) is 5.26 Å². The van der Waals surface area contributed by atoms with E-state index in [2.05, 4.69) is 52.2 Å². The maximum atomic E-state index is 10.6. The van der Waals surface area contributed by atoms with E-state index in [0.717, 1.165) is 50.3 Å². The highest BCUT2D eigenvalue weighted by molar-refractivity contribution is 7.93. The van der Waals surface area contributed by atoms with E-state index in [-0.39, 0.29) is 0 Å². The third-order valence-electron chi connectivity index (χ3n) is 7.69. The molecule has 4 nitrogen and oxygen atoms in total. The van der Waals surface area contributed by atoms with Crippen molar-refractivity contribution in [3.05, 3.63) is 168 Å². The summed E-state index contributed by atoms with van der Waals surface area (Å²) < 4.78 is 6.17. The predicted octanol–water partition coefficient (Wildman–Crippen LogP) is 8.78. The average molecular weight is 558 g/mol. The molecule has 2 aliphatic heterocycles. The summed E-state index contributed by atoms with van der Waals surface area (Å²) in [5.41, 5.74) is 5.34. The zero-order chi connectivity index (χ0) is 28.5. The second kappa shape index (κ2) is 10.5. The number of benzene rings is 5. The quantitative estimate of drug-likeness (QED) is 0.161. The number of fused-ring (bicyclic) bond motifs is 2. The molecule has 0 radical (unpaired) electrons. The summed E-state index contributed by atoms with van der Waals surface area (Å²) in [5.74, 6) is 1.60. The van der Waals surface area contributed by atoms with Gasteiger partial charge in [0.1, 0.15) is 0 Å². The Labute approximate surface area is 245 Å². The van der Waals surface area contributed by atoms with Crippen LogP contribution in [0.15, 0.2) is 151 Å². The maximum absolute atomic E-state index is 10.6. The van der Waals surface area contributed by atoms with Crippen molar-refractivity contribution < 1.29 is 4.74 Å². The van der Waals surface area contributed by atoms with Crippen molar-refractivity contribution in [2.24, 2.45) is 0 Å². The van der Waals surface area contributed by atoms with Crippen molar-refractivity contribution in [3.8, 4) is 17.6 Å². The van der Waals surface area contributed by atoms with Gasteiger partial charge in [-0.1, -0.05) is 97.1 Å². The molecule has 0 saturated carbocycles. The average Bonchev–Trinajstić information content (AvgIpc) is 3.07. The monoisotopic (exact) mass is 557 g/mol. The minimum atomic E-state index is -2.61. The van der Waals surface area contributed by atoms with Crippen LogP contribution in [0.4, 0.5) is 17.1 Å². The summed E-state index contributed by atoms with van der Waals surface area (Å²) in [7, 11) is 0. The number of hydrogen-bond acceptors (Lipinski definition) is 3. The Balaban J connectivity index is 1.37. The predicted molar refractivity (Wildman–Crippen MR) is 174 cm³/mol. The van der Waals surface area contributed by atoms with Gasteiger partial charge in [-0.05, 0) is 70.3 Å². The fourth-order valence-electron chi connectivity index (χ4n) is 5.81. The molecule has 0 fully saturated rings. The number of ether oxygens (including phenoxy) is 1. The summed E-state index contributed by atoms with van der Waals surface area (Å²) in [6, 6.07) is 46.9. The van der Waals surface area contributed by atoms with Crippen LogP contribution >= 0.6 is 6.89 Å². The minimum absolute atomic E-state index is 0.606. The summed E-state index contributed by atoms with van der Waals surface area (Å²) in [5, 5.41) is 13.2. The number of rotatable bonds is 4. The van der Waals surface area contributed by atoms with Crippen LogP contribution in [0.5, 0.6) is 11.5 Å². The Kier molecular flexibility index (Phi) is 6.33. The first kappa shape index (κ1) is 25.4. The van der Waals surface area contributed by atoms with Crippen LogP contribution in [0.1, 0.15) is 5.56 Å². The van der Waals surface area contributed by atoms with Crippen molar-refractivity contribution in [3.63, 3.8) is 0 Å². The first-order valence-electron chi connectivity index (χ1n) is 13.6. The molecule has 5 aromatic carbocycles. The summed E-state index contributed by atoms with van der Waals surface area (Å²) >= 11 is 0. The smallest absolute Gasteiger partial charge is 0.196 e. The molecule has 0 amide bonds. The highest BCUT2D eigenvalue weighted by atomic mass is 31.2. The van der Waals surface area contributed by atoms with E-state index < -0.39 is 6.89 Å². The molecule has 0 bridgehead atoms. The molecule has 7 rings (SSSR count). The number of allylic oxidation sites excluding steroid dienone is 3. The van der Waals surface area contributed by atoms with E-state index in [1.165, 1.54) is 0 Å². The van der Waals surface area contributed by atoms with Gasteiger partial charge in [0.2, 0.25) is 0 Å². The van der Waals surface area contributed by atoms with E-state index in [1.54, 1.807) is 0 Å². The van der Waals surface area contributed by atoms with E-state index >= 15 is 0 Å². The molecule has 5 heteroatoms. The number of anilines is 3. The number of nitrogens with zero attached hydrogens (tertiary/aromatic N) is 3. The Bertz CT molecular complexity index is 1940. The fourth-order valence-corrected chi connectivity index (χ4v) is 9.64. The lowest BCUT2D eigenvalue weighted by Gasteiger charge is -2.33. The molecule has 0 spiro atoms. The Morgan fingerprint density at radius 1 is 0.643 bits per heavy atom. The third-order valence-corrected chi connectivity index (χ3v) is 11.7. The third kappa shape index (κ3) is 3.98.